The molecule has 0 atom stereocenters. The summed E-state index contributed by atoms with van der Waals surface area (Å²) in [5.74, 6) is -0.0155. The van der Waals surface area contributed by atoms with Crippen molar-refractivity contribution < 1.29 is 24.2 Å². The number of rotatable bonds is 8. The first-order chi connectivity index (χ1) is 11.1. The normalized spacial score (nSPS) is 10.1. The molecular weight excluding hydrogens is 320 g/mol. The van der Waals surface area contributed by atoms with Gasteiger partial charge in [0, 0.05) is 18.3 Å². The number of aromatic nitrogens is 1. The summed E-state index contributed by atoms with van der Waals surface area (Å²) in [5, 5.41) is 13.6. The van der Waals surface area contributed by atoms with Gasteiger partial charge in [-0.2, -0.15) is 0 Å². The Bertz CT molecular complexity index is 669. The second-order valence-corrected chi connectivity index (χ2v) is 5.44. The summed E-state index contributed by atoms with van der Waals surface area (Å²) in [4.78, 5) is 26.3. The van der Waals surface area contributed by atoms with Crippen molar-refractivity contribution in [2.45, 2.75) is 6.42 Å². The minimum atomic E-state index is -1.05. The number of methoxy groups -OCH3 is 1. The Balaban J connectivity index is 1.69. The van der Waals surface area contributed by atoms with E-state index in [1.807, 2.05) is 0 Å². The Hall–Kier alpha value is -2.61. The van der Waals surface area contributed by atoms with Gasteiger partial charge in [0.25, 0.3) is 5.91 Å². The third kappa shape index (κ3) is 5.26. The molecule has 0 aliphatic rings. The van der Waals surface area contributed by atoms with Crippen LogP contribution in [0.3, 0.4) is 0 Å². The van der Waals surface area contributed by atoms with Crippen molar-refractivity contribution in [1.29, 1.82) is 0 Å². The molecule has 0 aliphatic heterocycles. The highest BCUT2D eigenvalue weighted by molar-refractivity contribution is 7.09. The summed E-state index contributed by atoms with van der Waals surface area (Å²) < 4.78 is 10.4. The van der Waals surface area contributed by atoms with Crippen LogP contribution < -0.4 is 14.8 Å². The summed E-state index contributed by atoms with van der Waals surface area (Å²) in [7, 11) is 1.57. The second kappa shape index (κ2) is 8.14. The number of nitrogens with one attached hydrogen (secondary N) is 1. The van der Waals surface area contributed by atoms with E-state index < -0.39 is 5.97 Å². The second-order valence-electron chi connectivity index (χ2n) is 4.50. The van der Waals surface area contributed by atoms with E-state index in [1.54, 1.807) is 31.4 Å². The topological polar surface area (TPSA) is 97.8 Å². The van der Waals surface area contributed by atoms with Crippen LogP contribution in [-0.2, 0) is 11.2 Å². The van der Waals surface area contributed by atoms with Gasteiger partial charge in [-0.3, -0.25) is 4.79 Å². The third-order valence-corrected chi connectivity index (χ3v) is 3.77. The van der Waals surface area contributed by atoms with Crippen LogP contribution in [0.15, 0.2) is 29.6 Å². The monoisotopic (exact) mass is 336 g/mol. The lowest BCUT2D eigenvalue weighted by atomic mass is 10.3. The Morgan fingerprint density at radius 2 is 1.96 bits per heavy atom. The first-order valence-corrected chi connectivity index (χ1v) is 7.67. The molecule has 2 N–H and O–H groups in total. The highest BCUT2D eigenvalue weighted by Crippen LogP contribution is 2.16. The smallest absolute Gasteiger partial charge is 0.355 e. The molecule has 1 aromatic heterocycles. The third-order valence-electron chi connectivity index (χ3n) is 2.86. The molecule has 23 heavy (non-hydrogen) atoms. The van der Waals surface area contributed by atoms with E-state index in [2.05, 4.69) is 10.3 Å². The largest absolute Gasteiger partial charge is 0.497 e. The van der Waals surface area contributed by atoms with Gasteiger partial charge in [-0.15, -0.1) is 11.3 Å². The van der Waals surface area contributed by atoms with E-state index in [4.69, 9.17) is 14.6 Å². The Kier molecular flexibility index (Phi) is 5.93. The molecule has 0 fully saturated rings. The SMILES string of the molecule is COc1ccc(OCC(=O)NCCc2nc(C(=O)O)cs2)cc1. The standard InChI is InChI=1S/C15H16N2O5S/c1-21-10-2-4-11(5-3-10)22-8-13(18)16-7-6-14-17-12(9-23-14)15(19)20/h2-5,9H,6-8H2,1H3,(H,16,18)(H,19,20). The number of hydrogen-bond acceptors (Lipinski definition) is 6. The molecule has 1 amide bonds. The molecule has 0 radical (unpaired) electrons. The molecule has 0 aliphatic carbocycles. The maximum atomic E-state index is 11.7. The highest BCUT2D eigenvalue weighted by atomic mass is 32.1. The van der Waals surface area contributed by atoms with Gasteiger partial charge in [0.2, 0.25) is 0 Å². The van der Waals surface area contributed by atoms with Gasteiger partial charge in [0.1, 0.15) is 11.5 Å². The minimum absolute atomic E-state index is 0.0270. The molecule has 0 saturated heterocycles. The quantitative estimate of drug-likeness (QED) is 0.760. The van der Waals surface area contributed by atoms with Crippen LogP contribution in [0.5, 0.6) is 11.5 Å². The molecular formula is C15H16N2O5S. The van der Waals surface area contributed by atoms with Crippen molar-refractivity contribution in [3.8, 4) is 11.5 Å². The molecule has 0 spiro atoms. The summed E-state index contributed by atoms with van der Waals surface area (Å²) in [6.07, 6.45) is 0.478. The molecule has 7 nitrogen and oxygen atoms in total. The van der Waals surface area contributed by atoms with Crippen LogP contribution in [0.25, 0.3) is 0 Å². The van der Waals surface area contributed by atoms with E-state index in [0.29, 0.717) is 29.5 Å². The predicted molar refractivity (Wildman–Crippen MR) is 84.3 cm³/mol. The van der Waals surface area contributed by atoms with E-state index >= 15 is 0 Å². The van der Waals surface area contributed by atoms with Crippen molar-refractivity contribution >= 4 is 23.2 Å². The zero-order valence-corrected chi connectivity index (χ0v) is 13.3. The molecule has 0 unspecified atom stereocenters. The number of carbonyl (C=O) groups excluding carboxylic acids is 1. The fourth-order valence-electron chi connectivity index (χ4n) is 1.70. The molecule has 1 heterocycles. The van der Waals surface area contributed by atoms with Crippen molar-refractivity contribution in [3.63, 3.8) is 0 Å². The number of carboxylic acid groups (broad SMARTS) is 1. The Morgan fingerprint density at radius 3 is 2.57 bits per heavy atom. The van der Waals surface area contributed by atoms with Gasteiger partial charge in [0.15, 0.2) is 12.3 Å². The van der Waals surface area contributed by atoms with Crippen LogP contribution in [0.1, 0.15) is 15.5 Å². The van der Waals surface area contributed by atoms with E-state index in [9.17, 15) is 9.59 Å². The molecule has 122 valence electrons. The minimum Gasteiger partial charge on any atom is -0.497 e. The lowest BCUT2D eigenvalue weighted by Gasteiger charge is -2.07. The van der Waals surface area contributed by atoms with Crippen LogP contribution in [0.2, 0.25) is 0 Å². The summed E-state index contributed by atoms with van der Waals surface area (Å²) in [6.45, 7) is 0.280. The Labute approximate surface area is 136 Å². The lowest BCUT2D eigenvalue weighted by molar-refractivity contribution is -0.123. The van der Waals surface area contributed by atoms with E-state index in [1.165, 1.54) is 16.7 Å². The average Bonchev–Trinajstić information content (AvgIpc) is 3.02. The van der Waals surface area contributed by atoms with Crippen molar-refractivity contribution in [2.24, 2.45) is 0 Å². The van der Waals surface area contributed by atoms with E-state index in [-0.39, 0.29) is 18.2 Å². The highest BCUT2D eigenvalue weighted by Gasteiger charge is 2.09. The summed E-state index contributed by atoms with van der Waals surface area (Å²) in [6, 6.07) is 6.93. The summed E-state index contributed by atoms with van der Waals surface area (Å²) >= 11 is 1.26. The number of carboxylic acids is 1. The van der Waals surface area contributed by atoms with Crippen LogP contribution in [0, 0.1) is 0 Å². The number of aromatic carboxylic acids is 1. The van der Waals surface area contributed by atoms with Gasteiger partial charge < -0.3 is 19.9 Å². The van der Waals surface area contributed by atoms with Gasteiger partial charge in [-0.1, -0.05) is 0 Å². The lowest BCUT2D eigenvalue weighted by Crippen LogP contribution is -2.30. The van der Waals surface area contributed by atoms with Crippen LogP contribution in [-0.4, -0.2) is 42.2 Å². The molecule has 0 saturated carbocycles. The number of amides is 1. The van der Waals surface area contributed by atoms with Gasteiger partial charge in [-0.05, 0) is 24.3 Å². The van der Waals surface area contributed by atoms with Gasteiger partial charge in [-0.25, -0.2) is 9.78 Å². The molecule has 2 rings (SSSR count). The van der Waals surface area contributed by atoms with Crippen molar-refractivity contribution in [2.75, 3.05) is 20.3 Å². The zero-order chi connectivity index (χ0) is 16.7. The number of hydrogen-bond donors (Lipinski definition) is 2. The number of ether oxygens (including phenoxy) is 2. The number of nitrogens with zero attached hydrogens (tertiary/aromatic N) is 1. The van der Waals surface area contributed by atoms with Crippen molar-refractivity contribution in [1.82, 2.24) is 10.3 Å². The fourth-order valence-corrected chi connectivity index (χ4v) is 2.48. The van der Waals surface area contributed by atoms with Gasteiger partial charge >= 0.3 is 5.97 Å². The number of thiazole rings is 1. The maximum absolute atomic E-state index is 11.7. The van der Waals surface area contributed by atoms with Crippen LogP contribution >= 0.6 is 11.3 Å². The van der Waals surface area contributed by atoms with Crippen LogP contribution in [0.4, 0.5) is 0 Å². The molecule has 0 bridgehead atoms. The Morgan fingerprint density at radius 1 is 1.26 bits per heavy atom. The summed E-state index contributed by atoms with van der Waals surface area (Å²) in [5.41, 5.74) is 0.0270. The first kappa shape index (κ1) is 16.8. The van der Waals surface area contributed by atoms with E-state index in [0.717, 1.165) is 0 Å². The maximum Gasteiger partial charge on any atom is 0.355 e. The van der Waals surface area contributed by atoms with Crippen molar-refractivity contribution in [3.05, 3.63) is 40.3 Å². The molecule has 8 heteroatoms. The first-order valence-electron chi connectivity index (χ1n) is 6.79. The van der Waals surface area contributed by atoms with Gasteiger partial charge in [0.05, 0.1) is 12.1 Å². The number of benzene rings is 1. The molecule has 2 aromatic rings. The predicted octanol–water partition coefficient (Wildman–Crippen LogP) is 1.59. The fraction of sp³-hybridized carbons (Fsp3) is 0.267. The molecule has 1 aromatic carbocycles. The zero-order valence-electron chi connectivity index (χ0n) is 12.4. The average molecular weight is 336 g/mol. The number of carbonyl (C=O) groups is 2.